The molecule has 0 unspecified atom stereocenters. The second kappa shape index (κ2) is 22.1. The molecule has 2 heterocycles. The first kappa shape index (κ1) is 44.2. The van der Waals surface area contributed by atoms with Crippen LogP contribution in [0.5, 0.6) is 0 Å². The van der Waals surface area contributed by atoms with E-state index in [2.05, 4.69) is 16.2 Å². The van der Waals surface area contributed by atoms with Crippen molar-refractivity contribution in [1.29, 1.82) is 0 Å². The van der Waals surface area contributed by atoms with Gasteiger partial charge in [-0.15, -0.1) is 0 Å². The molecule has 0 aliphatic carbocycles. The van der Waals surface area contributed by atoms with Gasteiger partial charge < -0.3 is 35.6 Å². The van der Waals surface area contributed by atoms with Gasteiger partial charge in [-0.25, -0.2) is 0 Å². The molecule has 3 rings (SSSR count). The Bertz CT molecular complexity index is 1310. The summed E-state index contributed by atoms with van der Waals surface area (Å²) in [5.41, 5.74) is 6.07. The maximum Gasteiger partial charge on any atom is 0.475 e. The molecule has 2 aliphatic rings. The first-order valence-electron chi connectivity index (χ1n) is 16.4. The third-order valence-corrected chi connectivity index (χ3v) is 8.51. The molecule has 21 heteroatoms. The van der Waals surface area contributed by atoms with E-state index in [1.165, 1.54) is 24.0 Å². The Kier molecular flexibility index (Phi) is 19.2. The number of nitrogens with one attached hydrogen (secondary N) is 3. The minimum Gasteiger partial charge on any atom is -0.480 e. The first-order valence-corrected chi connectivity index (χ1v) is 16.4. The smallest absolute Gasteiger partial charge is 0.475 e. The fraction of sp³-hybridized carbons (Fsp3) is 0.600. The molecule has 2 aliphatic heterocycles. The predicted molar refractivity (Wildman–Crippen MR) is 179 cm³/mol. The largest absolute Gasteiger partial charge is 0.480 e. The normalized spacial score (nSPS) is 19.0. The number of carbonyl (C=O) groups excluding carboxylic acids is 3. The van der Waals surface area contributed by atoms with Gasteiger partial charge in [-0.3, -0.25) is 59.2 Å². The first-order chi connectivity index (χ1) is 23.7. The molecule has 0 saturated carbocycles. The van der Waals surface area contributed by atoms with Crippen LogP contribution in [-0.2, 0) is 24.0 Å². The van der Waals surface area contributed by atoms with Gasteiger partial charge in [-0.05, 0) is 44.0 Å². The SMILES string of the molecule is C[C@@H](NC(=O)c1ccc(NNC(=O)CN2CCN(CC(=O)O)CCN(CC(=O)O)CCN(CC(=O)O)CC2)cc1)C(=O)N1CCC[C@H]1B(O)O.[Gd]. The van der Waals surface area contributed by atoms with Crippen LogP contribution >= 0.6 is 0 Å². The van der Waals surface area contributed by atoms with Crippen molar-refractivity contribution in [3.8, 4) is 0 Å². The quantitative estimate of drug-likeness (QED) is 0.0675. The molecule has 19 nitrogen and oxygen atoms in total. The molecule has 51 heavy (non-hydrogen) atoms. The third-order valence-electron chi connectivity index (χ3n) is 8.51. The van der Waals surface area contributed by atoms with E-state index in [4.69, 9.17) is 0 Å². The number of aliphatic carboxylic acids is 3. The van der Waals surface area contributed by atoms with Gasteiger partial charge in [0.15, 0.2) is 0 Å². The predicted octanol–water partition coefficient (Wildman–Crippen LogP) is -3.27. The van der Waals surface area contributed by atoms with E-state index in [-0.39, 0.29) is 124 Å². The zero-order valence-corrected chi connectivity index (χ0v) is 30.7. The summed E-state index contributed by atoms with van der Waals surface area (Å²) >= 11 is 0. The van der Waals surface area contributed by atoms with E-state index >= 15 is 0 Å². The van der Waals surface area contributed by atoms with Crippen LogP contribution in [0.1, 0.15) is 30.1 Å². The molecule has 0 bridgehead atoms. The second-order valence-corrected chi connectivity index (χ2v) is 12.4. The Hall–Kier alpha value is -3.01. The Labute approximate surface area is 328 Å². The summed E-state index contributed by atoms with van der Waals surface area (Å²) < 4.78 is 0. The van der Waals surface area contributed by atoms with Crippen LogP contribution in [0.25, 0.3) is 0 Å². The molecule has 0 radical (unpaired) electrons. The van der Waals surface area contributed by atoms with E-state index in [1.54, 1.807) is 31.7 Å². The summed E-state index contributed by atoms with van der Waals surface area (Å²) in [5, 5.41) is 49.8. The average molecular weight is 864 g/mol. The zero-order chi connectivity index (χ0) is 36.8. The van der Waals surface area contributed by atoms with Crippen molar-refractivity contribution in [2.45, 2.75) is 31.7 Å². The van der Waals surface area contributed by atoms with Crippen LogP contribution in [0.4, 0.5) is 5.69 Å². The number of carboxylic acids is 3. The van der Waals surface area contributed by atoms with E-state index in [9.17, 15) is 54.1 Å². The van der Waals surface area contributed by atoms with Gasteiger partial charge in [0.1, 0.15) is 6.04 Å². The zero-order valence-electron chi connectivity index (χ0n) is 28.4. The standard InChI is InChI=1S/C30H47BN8O11.Gd/c1-21(30(48)39-8-2-3-24(39)31(49)50)32-29(47)22-4-6-23(7-5-22)33-34-25(40)17-35-9-11-36(18-26(41)42)13-15-38(20-28(45)46)16-14-37(12-10-35)19-27(43)44;/h4-7,21,24,33,49-50H,2-3,8-20H2,1H3,(H,32,47)(H,34,40)(H,41,42)(H,43,44)(H,45,46);/t21-,24+;/m1./s1. The van der Waals surface area contributed by atoms with Crippen LogP contribution in [0, 0.1) is 39.9 Å². The number of benzene rings is 1. The topological polar surface area (TPSA) is 256 Å². The van der Waals surface area contributed by atoms with Gasteiger partial charge in [-0.2, -0.15) is 0 Å². The summed E-state index contributed by atoms with van der Waals surface area (Å²) in [6.07, 6.45) is 1.09. The van der Waals surface area contributed by atoms with Crippen molar-refractivity contribution in [2.24, 2.45) is 0 Å². The van der Waals surface area contributed by atoms with Crippen molar-refractivity contribution in [3.05, 3.63) is 29.8 Å². The number of hydrogen-bond donors (Lipinski definition) is 8. The van der Waals surface area contributed by atoms with Crippen molar-refractivity contribution < 1.29 is 94.1 Å². The molecule has 8 N–H and O–H groups in total. The number of rotatable bonds is 14. The third kappa shape index (κ3) is 15.6. The van der Waals surface area contributed by atoms with Crippen LogP contribution < -0.4 is 16.2 Å². The molecule has 2 atom stereocenters. The van der Waals surface area contributed by atoms with Gasteiger partial charge in [0.05, 0.1) is 37.8 Å². The summed E-state index contributed by atoms with van der Waals surface area (Å²) in [6, 6.07) is 5.21. The van der Waals surface area contributed by atoms with Gasteiger partial charge in [0.2, 0.25) is 5.91 Å². The van der Waals surface area contributed by atoms with Crippen LogP contribution in [0.2, 0.25) is 0 Å². The fourth-order valence-corrected chi connectivity index (χ4v) is 5.84. The number of anilines is 1. The Morgan fingerprint density at radius 2 is 1.16 bits per heavy atom. The molecular formula is C30H47BGdN8O11. The minimum atomic E-state index is -1.66. The Balaban J connectivity index is 0.00000901. The van der Waals surface area contributed by atoms with E-state index in [0.29, 0.717) is 25.1 Å². The molecule has 0 spiro atoms. The number of nitrogens with zero attached hydrogens (tertiary/aromatic N) is 5. The maximum atomic E-state index is 12.9. The molecule has 1 aromatic carbocycles. The number of carboxylic acid groups (broad SMARTS) is 3. The summed E-state index contributed by atoms with van der Waals surface area (Å²) in [6.45, 7) is 3.11. The van der Waals surface area contributed by atoms with Crippen molar-refractivity contribution in [2.75, 3.05) is 90.5 Å². The number of carbonyl (C=O) groups is 6. The summed E-state index contributed by atoms with van der Waals surface area (Å²) in [4.78, 5) is 80.9. The number of hydrazine groups is 1. The minimum absolute atomic E-state index is 0. The Morgan fingerprint density at radius 3 is 1.57 bits per heavy atom. The van der Waals surface area contributed by atoms with Crippen LogP contribution in [0.3, 0.4) is 0 Å². The maximum absolute atomic E-state index is 12.9. The van der Waals surface area contributed by atoms with E-state index in [1.807, 2.05) is 0 Å². The monoisotopic (exact) mass is 864 g/mol. The number of amides is 3. The molecule has 2 saturated heterocycles. The number of likely N-dealkylation sites (tertiary alicyclic amines) is 1. The van der Waals surface area contributed by atoms with Gasteiger partial charge in [0, 0.05) is 104 Å². The van der Waals surface area contributed by atoms with Crippen LogP contribution in [-0.4, -0.2) is 190 Å². The summed E-state index contributed by atoms with van der Waals surface area (Å²) in [7, 11) is -1.66. The van der Waals surface area contributed by atoms with Gasteiger partial charge >= 0.3 is 25.0 Å². The average Bonchev–Trinajstić information content (AvgIpc) is 3.55. The molecule has 284 valence electrons. The second-order valence-electron chi connectivity index (χ2n) is 12.4. The van der Waals surface area contributed by atoms with Crippen molar-refractivity contribution >= 4 is 48.4 Å². The van der Waals surface area contributed by atoms with Crippen molar-refractivity contribution in [3.63, 3.8) is 0 Å². The van der Waals surface area contributed by atoms with Crippen molar-refractivity contribution in [1.82, 2.24) is 35.2 Å². The molecular weight excluding hydrogens is 816 g/mol. The van der Waals surface area contributed by atoms with Gasteiger partial charge in [0.25, 0.3) is 11.8 Å². The molecule has 0 aromatic heterocycles. The molecule has 1 aromatic rings. The van der Waals surface area contributed by atoms with Gasteiger partial charge in [-0.1, -0.05) is 0 Å². The fourth-order valence-electron chi connectivity index (χ4n) is 5.84. The summed E-state index contributed by atoms with van der Waals surface area (Å²) in [5.74, 6) is -5.22. The molecule has 3 amide bonds. The number of hydrogen-bond acceptors (Lipinski definition) is 13. The molecule has 2 fully saturated rings. The Morgan fingerprint density at radius 1 is 0.725 bits per heavy atom. The van der Waals surface area contributed by atoms with E-state index in [0.717, 1.165) is 0 Å². The van der Waals surface area contributed by atoms with Crippen LogP contribution in [0.15, 0.2) is 24.3 Å². The van der Waals surface area contributed by atoms with E-state index < -0.39 is 54.7 Å².